The number of nitrogens with one attached hydrogen (secondary N) is 2. The van der Waals surface area contributed by atoms with Gasteiger partial charge in [0.1, 0.15) is 0 Å². The van der Waals surface area contributed by atoms with Crippen LogP contribution >= 0.6 is 0 Å². The lowest BCUT2D eigenvalue weighted by atomic mass is 9.96. The monoisotopic (exact) mass is 350 g/mol. The van der Waals surface area contributed by atoms with Gasteiger partial charge in [0.25, 0.3) is 5.91 Å². The number of carbonyl (C=O) groups excluding carboxylic acids is 2. The highest BCUT2D eigenvalue weighted by atomic mass is 19.4. The highest BCUT2D eigenvalue weighted by Gasteiger charge is 2.30. The summed E-state index contributed by atoms with van der Waals surface area (Å²) in [6.07, 6.45) is -4.36. The molecule has 2 rings (SSSR count). The Kier molecular flexibility index (Phi) is 5.80. The Morgan fingerprint density at radius 3 is 2.12 bits per heavy atom. The lowest BCUT2D eigenvalue weighted by molar-refractivity contribution is -0.137. The van der Waals surface area contributed by atoms with E-state index in [0.29, 0.717) is 11.1 Å². The summed E-state index contributed by atoms with van der Waals surface area (Å²) in [7, 11) is 0. The van der Waals surface area contributed by atoms with Crippen molar-refractivity contribution in [1.29, 1.82) is 0 Å². The van der Waals surface area contributed by atoms with Crippen molar-refractivity contribution in [3.05, 3.63) is 71.3 Å². The standard InChI is InChI=1S/C18H17F3N2O2/c1-12(13-7-9-15(10-8-13)18(19,20)21)11-16(24)22-23-17(25)14-5-3-2-4-6-14/h2-10,12H,11H2,1H3,(H,22,24)(H,23,25). The predicted molar refractivity (Wildman–Crippen MR) is 86.5 cm³/mol. The van der Waals surface area contributed by atoms with Crippen LogP contribution in [0.15, 0.2) is 54.6 Å². The molecule has 1 atom stereocenters. The molecule has 2 aromatic rings. The Hall–Kier alpha value is -2.83. The third-order valence-corrected chi connectivity index (χ3v) is 3.65. The van der Waals surface area contributed by atoms with E-state index < -0.39 is 23.6 Å². The average Bonchev–Trinajstić information content (AvgIpc) is 2.59. The molecule has 4 nitrogen and oxygen atoms in total. The van der Waals surface area contributed by atoms with Crippen LogP contribution in [0.5, 0.6) is 0 Å². The van der Waals surface area contributed by atoms with Gasteiger partial charge in [-0.15, -0.1) is 0 Å². The average molecular weight is 350 g/mol. The number of hydrogen-bond donors (Lipinski definition) is 2. The Bertz CT molecular complexity index is 728. The van der Waals surface area contributed by atoms with Crippen molar-refractivity contribution < 1.29 is 22.8 Å². The molecule has 2 aromatic carbocycles. The van der Waals surface area contributed by atoms with E-state index in [1.165, 1.54) is 12.1 Å². The summed E-state index contributed by atoms with van der Waals surface area (Å²) in [5.41, 5.74) is 4.87. The maximum absolute atomic E-state index is 12.5. The molecule has 7 heteroatoms. The van der Waals surface area contributed by atoms with Crippen molar-refractivity contribution in [2.75, 3.05) is 0 Å². The maximum Gasteiger partial charge on any atom is 0.416 e. The van der Waals surface area contributed by atoms with Crippen LogP contribution in [0.1, 0.15) is 40.7 Å². The van der Waals surface area contributed by atoms with Gasteiger partial charge in [-0.1, -0.05) is 37.3 Å². The summed E-state index contributed by atoms with van der Waals surface area (Å²) in [5, 5.41) is 0. The molecular formula is C18H17F3N2O2. The van der Waals surface area contributed by atoms with Crippen LogP contribution in [0.3, 0.4) is 0 Å². The normalized spacial score (nSPS) is 12.3. The zero-order valence-electron chi connectivity index (χ0n) is 13.4. The van der Waals surface area contributed by atoms with E-state index in [9.17, 15) is 22.8 Å². The molecule has 0 aromatic heterocycles. The SMILES string of the molecule is CC(CC(=O)NNC(=O)c1ccccc1)c1ccc(C(F)(F)F)cc1. The van der Waals surface area contributed by atoms with Crippen molar-refractivity contribution in [3.8, 4) is 0 Å². The minimum absolute atomic E-state index is 0.0282. The number of carbonyl (C=O) groups is 2. The lowest BCUT2D eigenvalue weighted by Crippen LogP contribution is -2.41. The molecule has 0 saturated carbocycles. The Morgan fingerprint density at radius 1 is 0.960 bits per heavy atom. The fraction of sp³-hybridized carbons (Fsp3) is 0.222. The number of amides is 2. The van der Waals surface area contributed by atoms with Crippen molar-refractivity contribution in [3.63, 3.8) is 0 Å². The predicted octanol–water partition coefficient (Wildman–Crippen LogP) is 3.66. The summed E-state index contributed by atoms with van der Waals surface area (Å²) in [6, 6.07) is 13.0. The molecule has 0 heterocycles. The van der Waals surface area contributed by atoms with Gasteiger partial charge in [-0.05, 0) is 35.7 Å². The molecule has 0 aliphatic carbocycles. The van der Waals surface area contributed by atoms with Crippen LogP contribution in [0.2, 0.25) is 0 Å². The molecule has 2 amide bonds. The van der Waals surface area contributed by atoms with E-state index in [1.54, 1.807) is 37.3 Å². The van der Waals surface area contributed by atoms with Gasteiger partial charge >= 0.3 is 6.18 Å². The van der Waals surface area contributed by atoms with Gasteiger partial charge in [-0.3, -0.25) is 20.4 Å². The number of benzene rings is 2. The highest BCUT2D eigenvalue weighted by Crippen LogP contribution is 2.30. The maximum atomic E-state index is 12.5. The summed E-state index contributed by atoms with van der Waals surface area (Å²) in [5.74, 6) is -1.18. The van der Waals surface area contributed by atoms with Gasteiger partial charge in [-0.2, -0.15) is 13.2 Å². The third kappa shape index (κ3) is 5.34. The highest BCUT2D eigenvalue weighted by molar-refractivity contribution is 5.95. The molecule has 25 heavy (non-hydrogen) atoms. The second-order valence-corrected chi connectivity index (χ2v) is 5.59. The van der Waals surface area contributed by atoms with Crippen molar-refractivity contribution in [1.82, 2.24) is 10.9 Å². The van der Waals surface area contributed by atoms with Gasteiger partial charge in [0.2, 0.25) is 5.91 Å². The summed E-state index contributed by atoms with van der Waals surface area (Å²) in [4.78, 5) is 23.7. The minimum atomic E-state index is -4.39. The molecule has 1 unspecified atom stereocenters. The van der Waals surface area contributed by atoms with Crippen molar-refractivity contribution in [2.24, 2.45) is 0 Å². The topological polar surface area (TPSA) is 58.2 Å². The Balaban J connectivity index is 1.86. The van der Waals surface area contributed by atoms with E-state index in [-0.39, 0.29) is 12.3 Å². The quantitative estimate of drug-likeness (QED) is 0.827. The fourth-order valence-corrected chi connectivity index (χ4v) is 2.24. The van der Waals surface area contributed by atoms with E-state index in [2.05, 4.69) is 10.9 Å². The molecule has 0 aliphatic rings. The Morgan fingerprint density at radius 2 is 1.56 bits per heavy atom. The molecule has 132 valence electrons. The van der Waals surface area contributed by atoms with Crippen molar-refractivity contribution in [2.45, 2.75) is 25.4 Å². The molecule has 0 radical (unpaired) electrons. The van der Waals surface area contributed by atoms with E-state index in [0.717, 1.165) is 12.1 Å². The zero-order chi connectivity index (χ0) is 18.4. The molecule has 0 saturated heterocycles. The summed E-state index contributed by atoms with van der Waals surface area (Å²) >= 11 is 0. The molecular weight excluding hydrogens is 333 g/mol. The van der Waals surface area contributed by atoms with Crippen LogP contribution in [-0.2, 0) is 11.0 Å². The first-order chi connectivity index (χ1) is 11.8. The van der Waals surface area contributed by atoms with Crippen LogP contribution in [-0.4, -0.2) is 11.8 Å². The van der Waals surface area contributed by atoms with Gasteiger partial charge in [0.15, 0.2) is 0 Å². The first-order valence-corrected chi connectivity index (χ1v) is 7.59. The van der Waals surface area contributed by atoms with E-state index >= 15 is 0 Å². The molecule has 0 spiro atoms. The number of halogens is 3. The molecule has 2 N–H and O–H groups in total. The largest absolute Gasteiger partial charge is 0.416 e. The molecule has 0 bridgehead atoms. The third-order valence-electron chi connectivity index (χ3n) is 3.65. The fourth-order valence-electron chi connectivity index (χ4n) is 2.24. The van der Waals surface area contributed by atoms with E-state index in [4.69, 9.17) is 0 Å². The smallest absolute Gasteiger partial charge is 0.273 e. The van der Waals surface area contributed by atoms with Gasteiger partial charge in [-0.25, -0.2) is 0 Å². The molecule has 0 fully saturated rings. The minimum Gasteiger partial charge on any atom is -0.273 e. The first-order valence-electron chi connectivity index (χ1n) is 7.59. The summed E-state index contributed by atoms with van der Waals surface area (Å²) in [6.45, 7) is 1.72. The summed E-state index contributed by atoms with van der Waals surface area (Å²) < 4.78 is 37.6. The molecule has 0 aliphatic heterocycles. The van der Waals surface area contributed by atoms with Gasteiger partial charge in [0, 0.05) is 12.0 Å². The second-order valence-electron chi connectivity index (χ2n) is 5.59. The number of hydrogen-bond acceptors (Lipinski definition) is 2. The number of rotatable bonds is 4. The number of alkyl halides is 3. The Labute approximate surface area is 143 Å². The van der Waals surface area contributed by atoms with Crippen LogP contribution < -0.4 is 10.9 Å². The van der Waals surface area contributed by atoms with E-state index in [1.807, 2.05) is 0 Å². The van der Waals surface area contributed by atoms with Gasteiger partial charge < -0.3 is 0 Å². The number of hydrazine groups is 1. The van der Waals surface area contributed by atoms with Crippen LogP contribution in [0.25, 0.3) is 0 Å². The lowest BCUT2D eigenvalue weighted by Gasteiger charge is -2.14. The van der Waals surface area contributed by atoms with Gasteiger partial charge in [0.05, 0.1) is 5.56 Å². The van der Waals surface area contributed by atoms with Crippen LogP contribution in [0.4, 0.5) is 13.2 Å². The van der Waals surface area contributed by atoms with Crippen LogP contribution in [0, 0.1) is 0 Å². The van der Waals surface area contributed by atoms with Crippen molar-refractivity contribution >= 4 is 11.8 Å². The first kappa shape index (κ1) is 18.5. The second kappa shape index (κ2) is 7.83. The zero-order valence-corrected chi connectivity index (χ0v) is 13.4.